The smallest absolute Gasteiger partial charge is 0.270 e. The van der Waals surface area contributed by atoms with E-state index < -0.39 is 5.41 Å². The SMILES string of the molecule is Cc1ccc(-n2nc(C)c3c2OC=C2COc4ccc([N+](=O)[O-])cc4[C@]23C)cc1. The number of hydrogen-bond donors (Lipinski definition) is 0. The minimum atomic E-state index is -0.625. The second-order valence-corrected chi connectivity index (χ2v) is 7.63. The topological polar surface area (TPSA) is 79.4 Å². The molecule has 7 heteroatoms. The number of nitro benzene ring substituents is 1. The number of nitro groups is 1. The molecule has 0 saturated carbocycles. The predicted molar refractivity (Wildman–Crippen MR) is 107 cm³/mol. The number of non-ortho nitro benzene ring substituents is 1. The Morgan fingerprint density at radius 1 is 1.17 bits per heavy atom. The van der Waals surface area contributed by atoms with Crippen LogP contribution in [0.15, 0.2) is 54.3 Å². The van der Waals surface area contributed by atoms with Crippen molar-refractivity contribution < 1.29 is 14.4 Å². The van der Waals surface area contributed by atoms with E-state index in [-0.39, 0.29) is 10.6 Å². The van der Waals surface area contributed by atoms with E-state index in [0.717, 1.165) is 33.6 Å². The summed E-state index contributed by atoms with van der Waals surface area (Å²) >= 11 is 0. The minimum Gasteiger partial charge on any atom is -0.489 e. The summed E-state index contributed by atoms with van der Waals surface area (Å²) in [7, 11) is 0. The van der Waals surface area contributed by atoms with Crippen molar-refractivity contribution in [1.29, 1.82) is 0 Å². The fraction of sp³-hybridized carbons (Fsp3) is 0.227. The average molecular weight is 389 g/mol. The number of aromatic nitrogens is 2. The van der Waals surface area contributed by atoms with Gasteiger partial charge in [0.1, 0.15) is 12.4 Å². The third-order valence-corrected chi connectivity index (χ3v) is 5.85. The van der Waals surface area contributed by atoms with E-state index in [1.807, 2.05) is 38.1 Å². The van der Waals surface area contributed by atoms with Crippen LogP contribution in [0.3, 0.4) is 0 Å². The van der Waals surface area contributed by atoms with Crippen molar-refractivity contribution in [3.63, 3.8) is 0 Å². The second-order valence-electron chi connectivity index (χ2n) is 7.63. The van der Waals surface area contributed by atoms with Crippen LogP contribution in [0.1, 0.15) is 29.3 Å². The van der Waals surface area contributed by atoms with Crippen LogP contribution in [0.25, 0.3) is 5.69 Å². The van der Waals surface area contributed by atoms with Crippen LogP contribution < -0.4 is 9.47 Å². The number of rotatable bonds is 2. The molecular weight excluding hydrogens is 370 g/mol. The van der Waals surface area contributed by atoms with Crippen LogP contribution >= 0.6 is 0 Å². The van der Waals surface area contributed by atoms with E-state index in [1.54, 1.807) is 23.1 Å². The average Bonchev–Trinajstić information content (AvgIpc) is 3.05. The fourth-order valence-electron chi connectivity index (χ4n) is 4.25. The first-order valence-corrected chi connectivity index (χ1v) is 9.34. The van der Waals surface area contributed by atoms with E-state index in [2.05, 4.69) is 6.92 Å². The Balaban J connectivity index is 1.75. The molecule has 0 radical (unpaired) electrons. The summed E-state index contributed by atoms with van der Waals surface area (Å²) in [6, 6.07) is 12.8. The van der Waals surface area contributed by atoms with Gasteiger partial charge in [-0.05, 0) is 39.0 Å². The molecule has 29 heavy (non-hydrogen) atoms. The van der Waals surface area contributed by atoms with Crippen molar-refractivity contribution in [2.75, 3.05) is 6.61 Å². The van der Waals surface area contributed by atoms with Crippen molar-refractivity contribution in [2.24, 2.45) is 0 Å². The van der Waals surface area contributed by atoms with Gasteiger partial charge in [-0.2, -0.15) is 5.10 Å². The Morgan fingerprint density at radius 3 is 2.66 bits per heavy atom. The van der Waals surface area contributed by atoms with Crippen molar-refractivity contribution in [2.45, 2.75) is 26.2 Å². The van der Waals surface area contributed by atoms with E-state index in [1.165, 1.54) is 6.07 Å². The van der Waals surface area contributed by atoms with Gasteiger partial charge in [0.25, 0.3) is 5.69 Å². The van der Waals surface area contributed by atoms with E-state index in [0.29, 0.717) is 18.2 Å². The van der Waals surface area contributed by atoms with Gasteiger partial charge in [-0.1, -0.05) is 17.7 Å². The first kappa shape index (κ1) is 17.5. The normalized spacial score (nSPS) is 19.2. The molecule has 7 nitrogen and oxygen atoms in total. The molecule has 0 spiro atoms. The zero-order valence-corrected chi connectivity index (χ0v) is 16.3. The maximum Gasteiger partial charge on any atom is 0.270 e. The lowest BCUT2D eigenvalue weighted by atomic mass is 9.68. The lowest BCUT2D eigenvalue weighted by Gasteiger charge is -2.40. The van der Waals surface area contributed by atoms with E-state index in [4.69, 9.17) is 14.6 Å². The molecule has 1 atom stereocenters. The maximum atomic E-state index is 11.4. The molecule has 1 aromatic heterocycles. The predicted octanol–water partition coefficient (Wildman–Crippen LogP) is 4.37. The van der Waals surface area contributed by atoms with Crippen molar-refractivity contribution in [1.82, 2.24) is 9.78 Å². The minimum absolute atomic E-state index is 0.0337. The Morgan fingerprint density at radius 2 is 1.93 bits per heavy atom. The van der Waals surface area contributed by atoms with Gasteiger partial charge in [0.2, 0.25) is 5.88 Å². The van der Waals surface area contributed by atoms with Crippen LogP contribution in [-0.2, 0) is 5.41 Å². The quantitative estimate of drug-likeness (QED) is 0.480. The molecule has 3 aromatic rings. The number of hydrogen-bond acceptors (Lipinski definition) is 5. The molecule has 2 aliphatic heterocycles. The highest BCUT2D eigenvalue weighted by molar-refractivity contribution is 5.64. The van der Waals surface area contributed by atoms with Gasteiger partial charge in [0.05, 0.1) is 33.5 Å². The summed E-state index contributed by atoms with van der Waals surface area (Å²) in [6.07, 6.45) is 1.69. The summed E-state index contributed by atoms with van der Waals surface area (Å²) in [5, 5.41) is 16.1. The Kier molecular flexibility index (Phi) is 3.58. The number of nitrogens with zero attached hydrogens (tertiary/aromatic N) is 3. The molecule has 0 aliphatic carbocycles. The molecule has 0 amide bonds. The molecule has 3 heterocycles. The first-order valence-electron chi connectivity index (χ1n) is 9.34. The molecule has 0 fully saturated rings. The lowest BCUT2D eigenvalue weighted by molar-refractivity contribution is -0.385. The largest absolute Gasteiger partial charge is 0.489 e. The molecule has 2 aliphatic rings. The molecule has 0 unspecified atom stereocenters. The number of ether oxygens (including phenoxy) is 2. The van der Waals surface area contributed by atoms with Crippen LogP contribution in [0.5, 0.6) is 11.6 Å². The Hall–Kier alpha value is -3.61. The summed E-state index contributed by atoms with van der Waals surface area (Å²) in [4.78, 5) is 11.0. The third kappa shape index (κ3) is 2.40. The maximum absolute atomic E-state index is 11.4. The summed E-state index contributed by atoms with van der Waals surface area (Å²) < 4.78 is 13.7. The summed E-state index contributed by atoms with van der Waals surface area (Å²) in [6.45, 7) is 6.38. The second kappa shape index (κ2) is 5.94. The molecule has 0 N–H and O–H groups in total. The molecule has 0 bridgehead atoms. The number of aryl methyl sites for hydroxylation is 2. The van der Waals surface area contributed by atoms with Gasteiger partial charge >= 0.3 is 0 Å². The Labute approximate surface area is 167 Å². The van der Waals surface area contributed by atoms with Gasteiger partial charge < -0.3 is 9.47 Å². The van der Waals surface area contributed by atoms with Crippen LogP contribution in [0, 0.1) is 24.0 Å². The summed E-state index contributed by atoms with van der Waals surface area (Å²) in [5.41, 5.74) is 4.84. The number of fused-ring (bicyclic) bond motifs is 5. The van der Waals surface area contributed by atoms with Crippen LogP contribution in [0.2, 0.25) is 0 Å². The molecule has 146 valence electrons. The number of benzene rings is 2. The summed E-state index contributed by atoms with van der Waals surface area (Å²) in [5.74, 6) is 1.27. The highest BCUT2D eigenvalue weighted by Gasteiger charge is 2.47. The van der Waals surface area contributed by atoms with Crippen LogP contribution in [-0.4, -0.2) is 21.3 Å². The van der Waals surface area contributed by atoms with Gasteiger partial charge in [-0.3, -0.25) is 10.1 Å². The van der Waals surface area contributed by atoms with Gasteiger partial charge in [0.15, 0.2) is 0 Å². The zero-order valence-electron chi connectivity index (χ0n) is 16.3. The van der Waals surface area contributed by atoms with Crippen molar-refractivity contribution in [3.05, 3.63) is 86.8 Å². The Bertz CT molecular complexity index is 1190. The third-order valence-electron chi connectivity index (χ3n) is 5.85. The standard InChI is InChI=1S/C22H19N3O4/c1-13-4-6-16(7-5-13)24-21-20(14(2)23-24)22(3)15(12-29-21)11-28-19-9-8-17(25(26)27)10-18(19)22/h4-10,12H,11H2,1-3H3/t22-/m0/s1. The molecule has 5 rings (SSSR count). The molecule has 2 aromatic carbocycles. The van der Waals surface area contributed by atoms with Gasteiger partial charge in [-0.25, -0.2) is 4.68 Å². The van der Waals surface area contributed by atoms with Gasteiger partial charge in [-0.15, -0.1) is 0 Å². The lowest BCUT2D eigenvalue weighted by Crippen LogP contribution is -2.37. The van der Waals surface area contributed by atoms with Crippen molar-refractivity contribution >= 4 is 5.69 Å². The van der Waals surface area contributed by atoms with E-state index >= 15 is 0 Å². The van der Waals surface area contributed by atoms with Gasteiger partial charge in [0, 0.05) is 23.3 Å². The highest BCUT2D eigenvalue weighted by atomic mass is 16.6. The first-order chi connectivity index (χ1) is 13.9. The highest BCUT2D eigenvalue weighted by Crippen LogP contribution is 2.53. The molecule has 0 saturated heterocycles. The molecular formula is C22H19N3O4. The fourth-order valence-corrected chi connectivity index (χ4v) is 4.25. The van der Waals surface area contributed by atoms with Crippen molar-refractivity contribution in [3.8, 4) is 17.3 Å². The van der Waals surface area contributed by atoms with Crippen LogP contribution in [0.4, 0.5) is 5.69 Å². The van der Waals surface area contributed by atoms with E-state index in [9.17, 15) is 10.1 Å². The zero-order chi connectivity index (χ0) is 20.3. The monoisotopic (exact) mass is 389 g/mol.